The number of nitrogens with one attached hydrogen (secondary N) is 2. The van der Waals surface area contributed by atoms with Gasteiger partial charge in [0.15, 0.2) is 0 Å². The van der Waals surface area contributed by atoms with Crippen LogP contribution in [0.4, 0.5) is 13.2 Å². The van der Waals surface area contributed by atoms with Crippen LogP contribution in [-0.2, 0) is 10.2 Å². The molecule has 0 aliphatic carbocycles. The average Bonchev–Trinajstić information content (AvgIpc) is 2.26. The van der Waals surface area contributed by atoms with E-state index in [4.69, 9.17) is 5.73 Å². The molecule has 22 heavy (non-hydrogen) atoms. The molecule has 1 fully saturated rings. The van der Waals surface area contributed by atoms with E-state index in [1.54, 1.807) is 0 Å². The summed E-state index contributed by atoms with van der Waals surface area (Å²) in [5.41, 5.74) is 5.58. The molecule has 1 aliphatic rings. The second-order valence-corrected chi connectivity index (χ2v) is 7.63. The second-order valence-electron chi connectivity index (χ2n) is 6.10. The number of nitrogens with zero attached hydrogens (tertiary/aromatic N) is 1. The molecule has 134 valence electrons. The van der Waals surface area contributed by atoms with Crippen molar-refractivity contribution in [1.29, 1.82) is 0 Å². The molecule has 1 rings (SSSR count). The van der Waals surface area contributed by atoms with E-state index in [9.17, 15) is 21.6 Å². The van der Waals surface area contributed by atoms with Crippen molar-refractivity contribution < 1.29 is 21.6 Å². The number of halogens is 4. The number of hydrogen-bond donors (Lipinski definition) is 3. The predicted octanol–water partition coefficient (Wildman–Crippen LogP) is 0.596. The minimum atomic E-state index is -4.56. The van der Waals surface area contributed by atoms with Gasteiger partial charge < -0.3 is 10.6 Å². The zero-order valence-corrected chi connectivity index (χ0v) is 14.2. The van der Waals surface area contributed by atoms with Crippen LogP contribution in [0.25, 0.3) is 0 Å². The lowest BCUT2D eigenvalue weighted by Gasteiger charge is -2.35. The van der Waals surface area contributed by atoms with Crippen LogP contribution in [0, 0.1) is 0 Å². The Morgan fingerprint density at radius 1 is 1.23 bits per heavy atom. The largest absolute Gasteiger partial charge is 0.402 e. The van der Waals surface area contributed by atoms with Gasteiger partial charge in [-0.05, 0) is 39.8 Å². The van der Waals surface area contributed by atoms with Crippen LogP contribution in [0.5, 0.6) is 0 Å². The van der Waals surface area contributed by atoms with Crippen LogP contribution < -0.4 is 15.2 Å². The summed E-state index contributed by atoms with van der Waals surface area (Å²) in [6, 6.07) is -0.354. The molecule has 0 spiro atoms. The standard InChI is InChI=1S/C11H23F3N4O2S.ClH/c1-10(2,15)8-18-5-3-9(4-6-18)17-21(19,20)16-7-11(12,13)14;/h9,16-17H,3-8,15H2,1-2H3;1H. The van der Waals surface area contributed by atoms with E-state index in [1.165, 1.54) is 4.72 Å². The smallest absolute Gasteiger partial charge is 0.324 e. The first kappa shape index (κ1) is 21.9. The maximum Gasteiger partial charge on any atom is 0.402 e. The van der Waals surface area contributed by atoms with Gasteiger partial charge in [0.2, 0.25) is 0 Å². The summed E-state index contributed by atoms with van der Waals surface area (Å²) in [6.07, 6.45) is -3.48. The molecule has 1 saturated heterocycles. The number of nitrogens with two attached hydrogens (primary N) is 1. The molecule has 0 saturated carbocycles. The second kappa shape index (κ2) is 8.11. The minimum absolute atomic E-state index is 0. The summed E-state index contributed by atoms with van der Waals surface area (Å²) >= 11 is 0. The Morgan fingerprint density at radius 2 is 1.73 bits per heavy atom. The average molecular weight is 369 g/mol. The van der Waals surface area contributed by atoms with Gasteiger partial charge in [0.05, 0.1) is 0 Å². The zero-order valence-electron chi connectivity index (χ0n) is 12.6. The molecule has 0 aromatic carbocycles. The maximum atomic E-state index is 12.0. The number of hydrogen-bond acceptors (Lipinski definition) is 4. The van der Waals surface area contributed by atoms with Gasteiger partial charge in [-0.15, -0.1) is 12.4 Å². The fourth-order valence-electron chi connectivity index (χ4n) is 2.22. The molecular formula is C11H24ClF3N4O2S. The molecule has 0 aromatic rings. The highest BCUT2D eigenvalue weighted by Gasteiger charge is 2.31. The summed E-state index contributed by atoms with van der Waals surface area (Å²) in [5.74, 6) is 0. The summed E-state index contributed by atoms with van der Waals surface area (Å²) in [5, 5.41) is 0. The van der Waals surface area contributed by atoms with E-state index in [0.717, 1.165) is 0 Å². The maximum absolute atomic E-state index is 12.0. The van der Waals surface area contributed by atoms with Crippen molar-refractivity contribution in [2.75, 3.05) is 26.2 Å². The van der Waals surface area contributed by atoms with Crippen LogP contribution in [0.3, 0.4) is 0 Å². The highest BCUT2D eigenvalue weighted by Crippen LogP contribution is 2.15. The quantitative estimate of drug-likeness (QED) is 0.640. The topological polar surface area (TPSA) is 87.5 Å². The predicted molar refractivity (Wildman–Crippen MR) is 81.1 cm³/mol. The van der Waals surface area contributed by atoms with Gasteiger partial charge in [-0.25, -0.2) is 0 Å². The first-order valence-corrected chi connectivity index (χ1v) is 8.19. The summed E-state index contributed by atoms with van der Waals surface area (Å²) < 4.78 is 62.8. The number of piperidine rings is 1. The lowest BCUT2D eigenvalue weighted by molar-refractivity contribution is -0.121. The summed E-state index contributed by atoms with van der Waals surface area (Å²) in [4.78, 5) is 2.12. The number of rotatable bonds is 6. The SMILES string of the molecule is CC(C)(N)CN1CCC(NS(=O)(=O)NCC(F)(F)F)CC1.Cl. The molecule has 0 bridgehead atoms. The molecule has 0 radical (unpaired) electrons. The van der Waals surface area contributed by atoms with Crippen molar-refractivity contribution in [3.8, 4) is 0 Å². The van der Waals surface area contributed by atoms with E-state index in [-0.39, 0.29) is 24.0 Å². The Hall–Kier alpha value is -0.130. The highest BCUT2D eigenvalue weighted by atomic mass is 35.5. The normalized spacial score (nSPS) is 19.0. The van der Waals surface area contributed by atoms with Crippen LogP contribution >= 0.6 is 12.4 Å². The van der Waals surface area contributed by atoms with Gasteiger partial charge in [-0.3, -0.25) is 0 Å². The first-order chi connectivity index (χ1) is 9.36. The molecule has 1 aliphatic heterocycles. The number of likely N-dealkylation sites (tertiary alicyclic amines) is 1. The Morgan fingerprint density at radius 3 is 2.14 bits per heavy atom. The Bertz CT molecular complexity index is 432. The van der Waals surface area contributed by atoms with Crippen molar-refractivity contribution in [3.05, 3.63) is 0 Å². The Kier molecular flexibility index (Phi) is 8.06. The molecule has 4 N–H and O–H groups in total. The molecule has 0 amide bonds. The fraction of sp³-hybridized carbons (Fsp3) is 1.00. The lowest BCUT2D eigenvalue weighted by atomic mass is 10.0. The van der Waals surface area contributed by atoms with Crippen LogP contribution in [0.15, 0.2) is 0 Å². The monoisotopic (exact) mass is 368 g/mol. The van der Waals surface area contributed by atoms with Crippen molar-refractivity contribution in [3.63, 3.8) is 0 Å². The molecule has 6 nitrogen and oxygen atoms in total. The minimum Gasteiger partial charge on any atom is -0.324 e. The lowest BCUT2D eigenvalue weighted by Crippen LogP contribution is -2.52. The molecular weight excluding hydrogens is 345 g/mol. The molecule has 1 heterocycles. The van der Waals surface area contributed by atoms with Gasteiger partial charge in [0.1, 0.15) is 6.54 Å². The fourth-order valence-corrected chi connectivity index (χ4v) is 3.33. The number of alkyl halides is 3. The van der Waals surface area contributed by atoms with E-state index >= 15 is 0 Å². The zero-order chi connectivity index (χ0) is 16.3. The van der Waals surface area contributed by atoms with Gasteiger partial charge >= 0.3 is 6.18 Å². The van der Waals surface area contributed by atoms with E-state index in [1.807, 2.05) is 13.8 Å². The van der Waals surface area contributed by atoms with Crippen molar-refractivity contribution in [2.45, 2.75) is 44.4 Å². The summed E-state index contributed by atoms with van der Waals surface area (Å²) in [7, 11) is -4.13. The van der Waals surface area contributed by atoms with Crippen molar-refractivity contribution in [2.24, 2.45) is 5.73 Å². The van der Waals surface area contributed by atoms with Crippen LogP contribution in [0.1, 0.15) is 26.7 Å². The molecule has 11 heteroatoms. The third kappa shape index (κ3) is 9.80. The Balaban J connectivity index is 0.00000441. The van der Waals surface area contributed by atoms with Crippen molar-refractivity contribution >= 4 is 22.6 Å². The Labute approximate surface area is 135 Å². The van der Waals surface area contributed by atoms with Crippen LogP contribution in [-0.4, -0.2) is 57.3 Å². The van der Waals surface area contributed by atoms with Gasteiger partial charge in [-0.2, -0.15) is 31.0 Å². The van der Waals surface area contributed by atoms with E-state index < -0.39 is 22.9 Å². The summed E-state index contributed by atoms with van der Waals surface area (Å²) in [6.45, 7) is 4.26. The first-order valence-electron chi connectivity index (χ1n) is 6.71. The highest BCUT2D eigenvalue weighted by molar-refractivity contribution is 7.87. The molecule has 0 unspecified atom stereocenters. The van der Waals surface area contributed by atoms with Gasteiger partial charge in [0, 0.05) is 18.1 Å². The van der Waals surface area contributed by atoms with Crippen molar-refractivity contribution in [1.82, 2.24) is 14.3 Å². The van der Waals surface area contributed by atoms with E-state index in [0.29, 0.717) is 32.5 Å². The van der Waals surface area contributed by atoms with Crippen LogP contribution in [0.2, 0.25) is 0 Å². The van der Waals surface area contributed by atoms with Gasteiger partial charge in [0.25, 0.3) is 10.2 Å². The van der Waals surface area contributed by atoms with Gasteiger partial charge in [-0.1, -0.05) is 0 Å². The third-order valence-corrected chi connectivity index (χ3v) is 4.17. The molecule has 0 atom stereocenters. The molecule has 0 aromatic heterocycles. The van der Waals surface area contributed by atoms with E-state index in [2.05, 4.69) is 9.62 Å². The third-order valence-electron chi connectivity index (χ3n) is 3.00.